The van der Waals surface area contributed by atoms with Crippen LogP contribution in [0.1, 0.15) is 32.8 Å². The number of nitrogens with one attached hydrogen (secondary N) is 1. The molecule has 1 N–H and O–H groups in total. The second-order valence-electron chi connectivity index (χ2n) is 6.53. The fourth-order valence-electron chi connectivity index (χ4n) is 1.91. The highest BCUT2D eigenvalue weighted by molar-refractivity contribution is 5.89. The van der Waals surface area contributed by atoms with Gasteiger partial charge in [-0.1, -0.05) is 30.3 Å². The summed E-state index contributed by atoms with van der Waals surface area (Å²) in [5, 5.41) is 12.7. The van der Waals surface area contributed by atoms with Gasteiger partial charge in [-0.3, -0.25) is 14.9 Å². The molecule has 0 radical (unpaired) electrons. The molecule has 0 aliphatic heterocycles. The molecule has 0 fully saturated rings. The predicted molar refractivity (Wildman–Crippen MR) is 90.9 cm³/mol. The third kappa shape index (κ3) is 8.76. The summed E-state index contributed by atoms with van der Waals surface area (Å²) in [6.45, 7) is 3.89. The average Bonchev–Trinajstić information content (AvgIpc) is 2.50. The Morgan fingerprint density at radius 1 is 1.19 bits per heavy atom. The lowest BCUT2D eigenvalue weighted by molar-refractivity contribution is -0.467. The molecule has 142 valence electrons. The van der Waals surface area contributed by atoms with E-state index in [-0.39, 0.29) is 6.61 Å². The van der Waals surface area contributed by atoms with Crippen molar-refractivity contribution in [2.24, 2.45) is 0 Å². The van der Waals surface area contributed by atoms with Crippen LogP contribution in [0.3, 0.4) is 0 Å². The Hall–Kier alpha value is -2.97. The first kappa shape index (κ1) is 21.1. The molecule has 1 aromatic rings. The van der Waals surface area contributed by atoms with Gasteiger partial charge in [-0.2, -0.15) is 0 Å². The van der Waals surface area contributed by atoms with Gasteiger partial charge in [0.25, 0.3) is 6.54 Å². The number of carbonyl (C=O) groups is 3. The molecule has 0 saturated carbocycles. The largest absolute Gasteiger partial charge is 0.459 e. The van der Waals surface area contributed by atoms with Gasteiger partial charge in [0.1, 0.15) is 18.2 Å². The van der Waals surface area contributed by atoms with Crippen LogP contribution in [-0.2, 0) is 25.7 Å². The quantitative estimate of drug-likeness (QED) is 0.423. The molecule has 0 aromatic heterocycles. The van der Waals surface area contributed by atoms with E-state index in [1.807, 2.05) is 0 Å². The zero-order valence-electron chi connectivity index (χ0n) is 14.9. The Morgan fingerprint density at radius 3 is 2.35 bits per heavy atom. The van der Waals surface area contributed by atoms with Crippen molar-refractivity contribution in [1.29, 1.82) is 0 Å². The maximum Gasteiger partial charge on any atom is 0.408 e. The van der Waals surface area contributed by atoms with Crippen molar-refractivity contribution < 1.29 is 28.8 Å². The van der Waals surface area contributed by atoms with Crippen LogP contribution in [0.25, 0.3) is 0 Å². The highest BCUT2D eigenvalue weighted by Gasteiger charge is 2.29. The molecule has 26 heavy (non-hydrogen) atoms. The van der Waals surface area contributed by atoms with E-state index in [2.05, 4.69) is 5.32 Å². The summed E-state index contributed by atoms with van der Waals surface area (Å²) in [6.07, 6.45) is -1.48. The first-order chi connectivity index (χ1) is 12.1. The molecule has 0 saturated heterocycles. The molecule has 1 rings (SSSR count). The number of carbonyl (C=O) groups excluding carboxylic acids is 3. The molecule has 0 aliphatic carbocycles. The highest BCUT2D eigenvalue weighted by atomic mass is 16.6. The molecule has 1 amide bonds. The van der Waals surface area contributed by atoms with Crippen molar-refractivity contribution in [1.82, 2.24) is 5.32 Å². The van der Waals surface area contributed by atoms with Crippen LogP contribution in [0.15, 0.2) is 30.3 Å². The number of amides is 1. The van der Waals surface area contributed by atoms with E-state index in [1.165, 1.54) is 0 Å². The maximum atomic E-state index is 12.2. The van der Waals surface area contributed by atoms with Gasteiger partial charge in [0.15, 0.2) is 0 Å². The summed E-state index contributed by atoms with van der Waals surface area (Å²) in [4.78, 5) is 45.4. The Morgan fingerprint density at radius 2 is 1.81 bits per heavy atom. The standard InChI is InChI=1S/C17H22N2O7/c1-17(2,3)26-16(22)18-14(9-13(20)10-19(23)24)15(21)25-11-12-7-5-4-6-8-12/h4-8,14H,9-11H2,1-3H3,(H,18,22)/t14-/m0/s1. The molecule has 0 bridgehead atoms. The highest BCUT2D eigenvalue weighted by Crippen LogP contribution is 2.09. The summed E-state index contributed by atoms with van der Waals surface area (Å²) in [5.74, 6) is -1.69. The van der Waals surface area contributed by atoms with Crippen LogP contribution in [-0.4, -0.2) is 41.0 Å². The number of hydrogen-bond donors (Lipinski definition) is 1. The van der Waals surface area contributed by atoms with Gasteiger partial charge in [-0.25, -0.2) is 9.59 Å². The van der Waals surface area contributed by atoms with Crippen LogP contribution in [0.4, 0.5) is 4.79 Å². The van der Waals surface area contributed by atoms with Crippen LogP contribution in [0.5, 0.6) is 0 Å². The van der Waals surface area contributed by atoms with Crippen molar-refractivity contribution >= 4 is 17.8 Å². The Labute approximate surface area is 150 Å². The van der Waals surface area contributed by atoms with Crippen molar-refractivity contribution in [3.05, 3.63) is 46.0 Å². The number of ketones is 1. The van der Waals surface area contributed by atoms with Gasteiger partial charge in [0.2, 0.25) is 5.78 Å². The fraction of sp³-hybridized carbons (Fsp3) is 0.471. The Bertz CT molecular complexity index is 653. The van der Waals surface area contributed by atoms with Crippen LogP contribution in [0.2, 0.25) is 0 Å². The second-order valence-corrected chi connectivity index (χ2v) is 6.53. The molecule has 1 aromatic carbocycles. The summed E-state index contributed by atoms with van der Waals surface area (Å²) < 4.78 is 10.1. The van der Waals surface area contributed by atoms with E-state index in [4.69, 9.17) is 9.47 Å². The summed E-state index contributed by atoms with van der Waals surface area (Å²) in [7, 11) is 0. The minimum Gasteiger partial charge on any atom is -0.459 e. The van der Waals surface area contributed by atoms with Gasteiger partial charge >= 0.3 is 12.1 Å². The molecule has 9 nitrogen and oxygen atoms in total. The monoisotopic (exact) mass is 366 g/mol. The number of rotatable bonds is 8. The number of esters is 1. The minimum atomic E-state index is -1.37. The van der Waals surface area contributed by atoms with Crippen molar-refractivity contribution in [2.75, 3.05) is 6.54 Å². The van der Waals surface area contributed by atoms with Gasteiger partial charge in [-0.15, -0.1) is 0 Å². The van der Waals surface area contributed by atoms with Crippen LogP contribution >= 0.6 is 0 Å². The fourth-order valence-corrected chi connectivity index (χ4v) is 1.91. The predicted octanol–water partition coefficient (Wildman–Crippen LogP) is 1.86. The lowest BCUT2D eigenvalue weighted by Gasteiger charge is -2.22. The van der Waals surface area contributed by atoms with Crippen LogP contribution < -0.4 is 5.32 Å². The number of nitrogens with zero attached hydrogens (tertiary/aromatic N) is 1. The van der Waals surface area contributed by atoms with Crippen molar-refractivity contribution in [2.45, 2.75) is 45.4 Å². The minimum absolute atomic E-state index is 0.0599. The Balaban J connectivity index is 2.74. The van der Waals surface area contributed by atoms with Gasteiger partial charge in [0, 0.05) is 11.3 Å². The van der Waals surface area contributed by atoms with E-state index >= 15 is 0 Å². The van der Waals surface area contributed by atoms with Gasteiger partial charge in [-0.05, 0) is 26.3 Å². The number of nitro groups is 1. The second kappa shape index (κ2) is 9.50. The molecule has 0 unspecified atom stereocenters. The third-order valence-corrected chi connectivity index (χ3v) is 2.94. The van der Waals surface area contributed by atoms with E-state index in [0.29, 0.717) is 5.56 Å². The van der Waals surface area contributed by atoms with E-state index in [1.54, 1.807) is 51.1 Å². The zero-order chi connectivity index (χ0) is 19.7. The lowest BCUT2D eigenvalue weighted by Crippen LogP contribution is -2.45. The number of Topliss-reactive ketones (excluding diaryl/α,β-unsaturated/α-hetero) is 1. The molecule has 0 spiro atoms. The summed E-state index contributed by atoms with van der Waals surface area (Å²) >= 11 is 0. The normalized spacial score (nSPS) is 12.0. The molecule has 0 aliphatic rings. The summed E-state index contributed by atoms with van der Waals surface area (Å²) in [6, 6.07) is 7.43. The van der Waals surface area contributed by atoms with Crippen LogP contribution in [0, 0.1) is 10.1 Å². The topological polar surface area (TPSA) is 125 Å². The molecular weight excluding hydrogens is 344 g/mol. The van der Waals surface area contributed by atoms with E-state index < -0.39 is 47.4 Å². The SMILES string of the molecule is CC(C)(C)OC(=O)N[C@@H](CC(=O)C[N+](=O)[O-])C(=O)OCc1ccccc1. The number of hydrogen-bond acceptors (Lipinski definition) is 7. The smallest absolute Gasteiger partial charge is 0.408 e. The Kier molecular flexibility index (Phi) is 7.70. The first-order valence-corrected chi connectivity index (χ1v) is 7.90. The molecule has 1 atom stereocenters. The molecule has 9 heteroatoms. The van der Waals surface area contributed by atoms with Gasteiger partial charge in [0.05, 0.1) is 0 Å². The summed E-state index contributed by atoms with van der Waals surface area (Å²) in [5.41, 5.74) is -0.0959. The van der Waals surface area contributed by atoms with Crippen molar-refractivity contribution in [3.8, 4) is 0 Å². The molecular formula is C17H22N2O7. The zero-order valence-corrected chi connectivity index (χ0v) is 14.9. The van der Waals surface area contributed by atoms with Gasteiger partial charge < -0.3 is 14.8 Å². The van der Waals surface area contributed by atoms with E-state index in [9.17, 15) is 24.5 Å². The number of benzene rings is 1. The molecule has 0 heterocycles. The van der Waals surface area contributed by atoms with Crippen molar-refractivity contribution in [3.63, 3.8) is 0 Å². The third-order valence-electron chi connectivity index (χ3n) is 2.94. The first-order valence-electron chi connectivity index (χ1n) is 7.90. The van der Waals surface area contributed by atoms with E-state index in [0.717, 1.165) is 0 Å². The number of ether oxygens (including phenoxy) is 2. The maximum absolute atomic E-state index is 12.2. The average molecular weight is 366 g/mol. The lowest BCUT2D eigenvalue weighted by atomic mass is 10.1. The number of alkyl carbamates (subject to hydrolysis) is 1.